The highest BCUT2D eigenvalue weighted by Crippen LogP contribution is 2.65. The molecule has 2 aliphatic rings. The van der Waals surface area contributed by atoms with Crippen LogP contribution < -0.4 is 0 Å². The smallest absolute Gasteiger partial charge is 0.160 e. The second-order valence-electron chi connectivity index (χ2n) is 16.4. The van der Waals surface area contributed by atoms with Gasteiger partial charge in [-0.25, -0.2) is 9.97 Å². The molecule has 0 N–H and O–H groups in total. The van der Waals surface area contributed by atoms with Gasteiger partial charge in [-0.1, -0.05) is 194 Å². The van der Waals surface area contributed by atoms with Crippen molar-refractivity contribution in [3.8, 4) is 67.3 Å². The highest BCUT2D eigenvalue weighted by atomic mass is 14.9. The molecule has 0 saturated carbocycles. The van der Waals surface area contributed by atoms with E-state index < -0.39 is 5.41 Å². The maximum absolute atomic E-state index is 5.09. The van der Waals surface area contributed by atoms with Crippen molar-refractivity contribution in [1.82, 2.24) is 9.97 Å². The summed E-state index contributed by atoms with van der Waals surface area (Å²) in [6, 6.07) is 79.8. The number of rotatable bonds is 4. The van der Waals surface area contributed by atoms with Crippen molar-refractivity contribution in [3.63, 3.8) is 0 Å². The Morgan fingerprint density at radius 1 is 0.295 bits per heavy atom. The van der Waals surface area contributed by atoms with Crippen molar-refractivity contribution >= 4 is 32.3 Å². The Labute approximate surface area is 354 Å². The second kappa shape index (κ2) is 13.0. The average Bonchev–Trinajstić information content (AvgIpc) is 3.81. The fraction of sp³-hybridized carbons (Fsp3) is 0.0169. The lowest BCUT2D eigenvalue weighted by atomic mass is 9.69. The van der Waals surface area contributed by atoms with Gasteiger partial charge in [0, 0.05) is 16.7 Å². The Morgan fingerprint density at radius 2 is 0.803 bits per heavy atom. The second-order valence-corrected chi connectivity index (χ2v) is 16.4. The van der Waals surface area contributed by atoms with E-state index in [2.05, 4.69) is 194 Å². The third-order valence-corrected chi connectivity index (χ3v) is 13.3. The topological polar surface area (TPSA) is 25.8 Å². The zero-order valence-corrected chi connectivity index (χ0v) is 33.2. The van der Waals surface area contributed by atoms with E-state index in [4.69, 9.17) is 9.97 Å². The highest BCUT2D eigenvalue weighted by Gasteiger charge is 2.53. The van der Waals surface area contributed by atoms with E-state index in [0.717, 1.165) is 33.9 Å². The van der Waals surface area contributed by atoms with E-state index in [-0.39, 0.29) is 0 Å². The summed E-state index contributed by atoms with van der Waals surface area (Å²) in [5.41, 5.74) is 17.6. The van der Waals surface area contributed by atoms with Crippen molar-refractivity contribution < 1.29 is 0 Å². The van der Waals surface area contributed by atoms with Crippen LogP contribution in [0.2, 0.25) is 0 Å². The van der Waals surface area contributed by atoms with Crippen LogP contribution in [0.15, 0.2) is 218 Å². The fourth-order valence-electron chi connectivity index (χ4n) is 10.6. The summed E-state index contributed by atoms with van der Waals surface area (Å²) in [6.07, 6.45) is 0. The number of nitrogens with zero attached hydrogens (tertiary/aromatic N) is 2. The molecule has 0 saturated heterocycles. The van der Waals surface area contributed by atoms with Gasteiger partial charge in [-0.3, -0.25) is 0 Å². The first kappa shape index (κ1) is 34.0. The molecular formula is C59H36N2. The molecule has 2 nitrogen and oxygen atoms in total. The number of aromatic nitrogens is 2. The summed E-state index contributed by atoms with van der Waals surface area (Å²) in [5.74, 6) is 0.719. The minimum atomic E-state index is -0.470. The number of benzene rings is 10. The lowest BCUT2D eigenvalue weighted by Gasteiger charge is -2.32. The molecule has 10 aromatic carbocycles. The van der Waals surface area contributed by atoms with Crippen LogP contribution in [-0.2, 0) is 5.41 Å². The van der Waals surface area contributed by atoms with Crippen molar-refractivity contribution in [2.24, 2.45) is 0 Å². The number of hydrogen-bond acceptors (Lipinski definition) is 2. The SMILES string of the molecule is c1ccc(-c2cc(-c3ccc(-c4ccc5cc6c(cc5c4)C4(c5ccccc5-c5ccccc54)c4c-6c5ccccc5c5ccccc45)cc3)nc(-c3ccccc3)n2)cc1. The number of hydrogen-bond donors (Lipinski definition) is 0. The first-order valence-electron chi connectivity index (χ1n) is 21.1. The summed E-state index contributed by atoms with van der Waals surface area (Å²) < 4.78 is 0. The molecule has 0 fully saturated rings. The summed E-state index contributed by atoms with van der Waals surface area (Å²) in [6.45, 7) is 0. The van der Waals surface area contributed by atoms with Crippen LogP contribution in [-0.4, -0.2) is 9.97 Å². The van der Waals surface area contributed by atoms with Crippen LogP contribution in [0.25, 0.3) is 99.6 Å². The number of fused-ring (bicyclic) bond motifs is 16. The predicted octanol–water partition coefficient (Wildman–Crippen LogP) is 14.9. The van der Waals surface area contributed by atoms with Gasteiger partial charge < -0.3 is 0 Å². The Hall–Kier alpha value is -7.94. The molecule has 1 spiro atoms. The quantitative estimate of drug-likeness (QED) is 0.167. The lowest BCUT2D eigenvalue weighted by molar-refractivity contribution is 0.803. The predicted molar refractivity (Wildman–Crippen MR) is 253 cm³/mol. The third kappa shape index (κ3) is 4.91. The van der Waals surface area contributed by atoms with Gasteiger partial charge in [-0.15, -0.1) is 0 Å². The van der Waals surface area contributed by atoms with Gasteiger partial charge in [0.15, 0.2) is 5.82 Å². The van der Waals surface area contributed by atoms with Crippen LogP contribution in [0.3, 0.4) is 0 Å². The molecule has 0 radical (unpaired) electrons. The van der Waals surface area contributed by atoms with Gasteiger partial charge in [-0.2, -0.15) is 0 Å². The Kier molecular flexibility index (Phi) is 7.26. The first-order chi connectivity index (χ1) is 30.2. The van der Waals surface area contributed by atoms with Gasteiger partial charge in [0.1, 0.15) is 0 Å². The lowest BCUT2D eigenvalue weighted by Crippen LogP contribution is -2.26. The summed E-state index contributed by atoms with van der Waals surface area (Å²) >= 11 is 0. The highest BCUT2D eigenvalue weighted by molar-refractivity contribution is 6.20. The van der Waals surface area contributed by atoms with Crippen LogP contribution in [0.4, 0.5) is 0 Å². The van der Waals surface area contributed by atoms with Crippen molar-refractivity contribution in [2.45, 2.75) is 5.41 Å². The van der Waals surface area contributed by atoms with Gasteiger partial charge in [0.25, 0.3) is 0 Å². The molecule has 0 atom stereocenters. The minimum Gasteiger partial charge on any atom is -0.228 e. The maximum Gasteiger partial charge on any atom is 0.160 e. The molecule has 0 amide bonds. The van der Waals surface area contributed by atoms with Gasteiger partial charge in [0.2, 0.25) is 0 Å². The normalized spacial score (nSPS) is 13.0. The van der Waals surface area contributed by atoms with Crippen LogP contribution >= 0.6 is 0 Å². The summed E-state index contributed by atoms with van der Waals surface area (Å²) in [5, 5.41) is 7.70. The zero-order valence-electron chi connectivity index (χ0n) is 33.2. The van der Waals surface area contributed by atoms with E-state index in [1.165, 1.54) is 88.0 Å². The summed E-state index contributed by atoms with van der Waals surface area (Å²) in [4.78, 5) is 10.1. The molecular weight excluding hydrogens is 737 g/mol. The van der Waals surface area contributed by atoms with Gasteiger partial charge in [-0.05, 0) is 112 Å². The molecule has 282 valence electrons. The van der Waals surface area contributed by atoms with E-state index in [0.29, 0.717) is 0 Å². The maximum atomic E-state index is 5.09. The molecule has 2 aliphatic carbocycles. The van der Waals surface area contributed by atoms with E-state index in [1.54, 1.807) is 0 Å². The standard InChI is InChI=1S/C59H36N2/c1-3-15-38(16-4-1)54-36-55(61-58(60-54)40-17-5-2-6-18-40)39-29-27-37(28-30-39)41-31-32-42-34-50-53(35-43(42)33-41)59(51-25-13-11-21-46(51)47-22-12-14-26-52(47)59)57-49-24-10-8-20-45(49)44-19-7-9-23-48(44)56(50)57/h1-36H. The third-order valence-electron chi connectivity index (χ3n) is 13.3. The molecule has 0 aliphatic heterocycles. The first-order valence-corrected chi connectivity index (χ1v) is 21.1. The van der Waals surface area contributed by atoms with Gasteiger partial charge in [0.05, 0.1) is 16.8 Å². The van der Waals surface area contributed by atoms with E-state index in [1.807, 2.05) is 24.3 Å². The zero-order chi connectivity index (χ0) is 40.1. The fourth-order valence-corrected chi connectivity index (χ4v) is 10.6. The molecule has 11 aromatic rings. The van der Waals surface area contributed by atoms with Crippen molar-refractivity contribution in [3.05, 3.63) is 241 Å². The van der Waals surface area contributed by atoms with E-state index in [9.17, 15) is 0 Å². The van der Waals surface area contributed by atoms with Crippen molar-refractivity contribution in [1.29, 1.82) is 0 Å². The van der Waals surface area contributed by atoms with Crippen molar-refractivity contribution in [2.75, 3.05) is 0 Å². The molecule has 1 heterocycles. The van der Waals surface area contributed by atoms with Crippen LogP contribution in [0.1, 0.15) is 22.3 Å². The molecule has 1 aromatic heterocycles. The van der Waals surface area contributed by atoms with E-state index >= 15 is 0 Å². The average molecular weight is 773 g/mol. The molecule has 0 unspecified atom stereocenters. The van der Waals surface area contributed by atoms with Gasteiger partial charge >= 0.3 is 0 Å². The Bertz CT molecular complexity index is 3470. The van der Waals surface area contributed by atoms with Crippen LogP contribution in [0.5, 0.6) is 0 Å². The molecule has 2 heteroatoms. The Balaban J connectivity index is 0.993. The molecule has 0 bridgehead atoms. The van der Waals surface area contributed by atoms with Crippen LogP contribution in [0, 0.1) is 0 Å². The molecule has 61 heavy (non-hydrogen) atoms. The molecule has 13 rings (SSSR count). The summed E-state index contributed by atoms with van der Waals surface area (Å²) in [7, 11) is 0. The monoisotopic (exact) mass is 772 g/mol. The largest absolute Gasteiger partial charge is 0.228 e. The Morgan fingerprint density at radius 3 is 1.48 bits per heavy atom. The minimum absolute atomic E-state index is 0.470.